The molecule has 0 heterocycles. The number of aliphatic carboxylic acids is 1. The molecule has 3 N–H and O–H groups in total. The van der Waals surface area contributed by atoms with Crippen molar-refractivity contribution in [2.45, 2.75) is 44.7 Å². The highest BCUT2D eigenvalue weighted by atomic mass is 16.4. The van der Waals surface area contributed by atoms with Gasteiger partial charge in [0.15, 0.2) is 0 Å². The fourth-order valence-electron chi connectivity index (χ4n) is 1.68. The first-order valence-electron chi connectivity index (χ1n) is 5.75. The Labute approximate surface area is 101 Å². The van der Waals surface area contributed by atoms with Crippen LogP contribution in [0.5, 0.6) is 0 Å². The second-order valence-corrected chi connectivity index (χ2v) is 4.47. The largest absolute Gasteiger partial charge is 0.481 e. The van der Waals surface area contributed by atoms with Gasteiger partial charge in [-0.25, -0.2) is 4.79 Å². The number of urea groups is 1. The summed E-state index contributed by atoms with van der Waals surface area (Å²) in [4.78, 5) is 22.2. The van der Waals surface area contributed by atoms with Crippen LogP contribution in [-0.4, -0.2) is 29.2 Å². The van der Waals surface area contributed by atoms with E-state index in [0.29, 0.717) is 12.3 Å². The van der Waals surface area contributed by atoms with Gasteiger partial charge in [0.25, 0.3) is 0 Å². The van der Waals surface area contributed by atoms with Gasteiger partial charge >= 0.3 is 12.0 Å². The van der Waals surface area contributed by atoms with Crippen LogP contribution in [0.15, 0.2) is 0 Å². The predicted molar refractivity (Wildman–Crippen MR) is 63.3 cm³/mol. The van der Waals surface area contributed by atoms with Gasteiger partial charge in [-0.05, 0) is 25.7 Å². The van der Waals surface area contributed by atoms with Crippen LogP contribution in [0.3, 0.4) is 0 Å². The average Bonchev–Trinajstić information content (AvgIpc) is 2.98. The van der Waals surface area contributed by atoms with E-state index in [2.05, 4.69) is 16.6 Å². The Bertz CT molecular complexity index is 331. The second kappa shape index (κ2) is 6.14. The lowest BCUT2D eigenvalue weighted by Crippen LogP contribution is -2.46. The van der Waals surface area contributed by atoms with Gasteiger partial charge in [-0.15, -0.1) is 12.3 Å². The average molecular weight is 238 g/mol. The van der Waals surface area contributed by atoms with Crippen molar-refractivity contribution in [1.29, 1.82) is 0 Å². The minimum absolute atomic E-state index is 0.0262. The molecule has 0 aromatic heterocycles. The molecule has 94 valence electrons. The van der Waals surface area contributed by atoms with E-state index in [-0.39, 0.29) is 24.5 Å². The molecule has 0 saturated heterocycles. The SMILES string of the molecule is C#CCC(C)NC(=O)NC(CC(=O)O)C1CC1. The van der Waals surface area contributed by atoms with Gasteiger partial charge in [-0.1, -0.05) is 0 Å². The van der Waals surface area contributed by atoms with Gasteiger partial charge in [0.2, 0.25) is 0 Å². The molecule has 1 saturated carbocycles. The molecule has 2 atom stereocenters. The van der Waals surface area contributed by atoms with Crippen molar-refractivity contribution in [3.05, 3.63) is 0 Å². The number of carboxylic acid groups (broad SMARTS) is 1. The number of carbonyl (C=O) groups is 2. The van der Waals surface area contributed by atoms with E-state index in [1.54, 1.807) is 0 Å². The standard InChI is InChI=1S/C12H18N2O3/c1-3-4-8(2)13-12(17)14-10(7-11(15)16)9-5-6-9/h1,8-10H,4-7H2,2H3,(H,15,16)(H2,13,14,17). The summed E-state index contributed by atoms with van der Waals surface area (Å²) in [6.45, 7) is 1.81. The van der Waals surface area contributed by atoms with E-state index in [1.165, 1.54) is 0 Å². The zero-order chi connectivity index (χ0) is 12.8. The molecule has 1 aliphatic carbocycles. The van der Waals surface area contributed by atoms with E-state index in [0.717, 1.165) is 12.8 Å². The Morgan fingerprint density at radius 2 is 2.12 bits per heavy atom. The molecule has 0 radical (unpaired) electrons. The van der Waals surface area contributed by atoms with Crippen molar-refractivity contribution in [3.63, 3.8) is 0 Å². The van der Waals surface area contributed by atoms with Gasteiger partial charge in [0.05, 0.1) is 6.42 Å². The molecule has 1 rings (SSSR count). The van der Waals surface area contributed by atoms with E-state index in [1.807, 2.05) is 6.92 Å². The summed E-state index contributed by atoms with van der Waals surface area (Å²) in [6.07, 6.45) is 7.53. The molecule has 2 amide bonds. The lowest BCUT2D eigenvalue weighted by atomic mass is 10.1. The topological polar surface area (TPSA) is 78.4 Å². The Morgan fingerprint density at radius 3 is 2.59 bits per heavy atom. The van der Waals surface area contributed by atoms with E-state index in [4.69, 9.17) is 11.5 Å². The van der Waals surface area contributed by atoms with Crippen molar-refractivity contribution in [2.75, 3.05) is 0 Å². The van der Waals surface area contributed by atoms with Gasteiger partial charge in [0, 0.05) is 18.5 Å². The van der Waals surface area contributed by atoms with E-state index >= 15 is 0 Å². The highest BCUT2D eigenvalue weighted by Crippen LogP contribution is 2.33. The summed E-state index contributed by atoms with van der Waals surface area (Å²) < 4.78 is 0. The third kappa shape index (κ3) is 5.25. The number of amides is 2. The van der Waals surface area contributed by atoms with Crippen LogP contribution in [0, 0.1) is 18.3 Å². The van der Waals surface area contributed by atoms with E-state index in [9.17, 15) is 9.59 Å². The van der Waals surface area contributed by atoms with Gasteiger partial charge in [0.1, 0.15) is 0 Å². The number of hydrogen-bond acceptors (Lipinski definition) is 2. The maximum atomic E-state index is 11.6. The smallest absolute Gasteiger partial charge is 0.315 e. The number of carboxylic acids is 1. The number of carbonyl (C=O) groups excluding carboxylic acids is 1. The Morgan fingerprint density at radius 1 is 1.47 bits per heavy atom. The second-order valence-electron chi connectivity index (χ2n) is 4.47. The predicted octanol–water partition coefficient (Wildman–Crippen LogP) is 0.951. The zero-order valence-electron chi connectivity index (χ0n) is 9.90. The molecule has 2 unspecified atom stereocenters. The Hall–Kier alpha value is -1.70. The van der Waals surface area contributed by atoms with Crippen LogP contribution >= 0.6 is 0 Å². The third-order valence-electron chi connectivity index (χ3n) is 2.70. The molecular formula is C12H18N2O3. The van der Waals surface area contributed by atoms with Crippen LogP contribution in [0.25, 0.3) is 0 Å². The molecule has 5 heteroatoms. The summed E-state index contributed by atoms with van der Waals surface area (Å²) in [5.74, 6) is 1.87. The van der Waals surface area contributed by atoms with Crippen LogP contribution < -0.4 is 10.6 Å². The quantitative estimate of drug-likeness (QED) is 0.603. The minimum Gasteiger partial charge on any atom is -0.481 e. The maximum Gasteiger partial charge on any atom is 0.315 e. The molecule has 1 fully saturated rings. The van der Waals surface area contributed by atoms with Crippen LogP contribution in [-0.2, 0) is 4.79 Å². The number of nitrogens with one attached hydrogen (secondary N) is 2. The van der Waals surface area contributed by atoms with Crippen LogP contribution in [0.4, 0.5) is 4.79 Å². The summed E-state index contributed by atoms with van der Waals surface area (Å²) in [6, 6.07) is -0.721. The molecule has 0 aromatic rings. The summed E-state index contributed by atoms with van der Waals surface area (Å²) in [5, 5.41) is 14.1. The van der Waals surface area contributed by atoms with Gasteiger partial charge in [-0.3, -0.25) is 4.79 Å². The van der Waals surface area contributed by atoms with Crippen molar-refractivity contribution in [1.82, 2.24) is 10.6 Å². The van der Waals surface area contributed by atoms with Crippen molar-refractivity contribution in [2.24, 2.45) is 5.92 Å². The molecule has 5 nitrogen and oxygen atoms in total. The Balaban J connectivity index is 2.36. The molecule has 0 bridgehead atoms. The molecule has 0 spiro atoms. The lowest BCUT2D eigenvalue weighted by molar-refractivity contribution is -0.137. The molecular weight excluding hydrogens is 220 g/mol. The van der Waals surface area contributed by atoms with Crippen LogP contribution in [0.2, 0.25) is 0 Å². The third-order valence-corrected chi connectivity index (χ3v) is 2.70. The minimum atomic E-state index is -0.890. The lowest BCUT2D eigenvalue weighted by Gasteiger charge is -2.18. The summed E-state index contributed by atoms with van der Waals surface area (Å²) in [5.41, 5.74) is 0. The maximum absolute atomic E-state index is 11.6. The van der Waals surface area contributed by atoms with Crippen molar-refractivity contribution >= 4 is 12.0 Å². The Kier molecular flexibility index (Phi) is 4.83. The van der Waals surface area contributed by atoms with Gasteiger partial charge in [-0.2, -0.15) is 0 Å². The normalized spacial score (nSPS) is 17.6. The molecule has 0 aliphatic heterocycles. The fourth-order valence-corrected chi connectivity index (χ4v) is 1.68. The fraction of sp³-hybridized carbons (Fsp3) is 0.667. The molecule has 0 aromatic carbocycles. The van der Waals surface area contributed by atoms with Gasteiger partial charge < -0.3 is 15.7 Å². The number of terminal acetylenes is 1. The molecule has 17 heavy (non-hydrogen) atoms. The van der Waals surface area contributed by atoms with E-state index < -0.39 is 5.97 Å². The first-order valence-corrected chi connectivity index (χ1v) is 5.75. The van der Waals surface area contributed by atoms with Crippen molar-refractivity contribution in [3.8, 4) is 12.3 Å². The number of rotatable bonds is 6. The zero-order valence-corrected chi connectivity index (χ0v) is 9.90. The number of hydrogen-bond donors (Lipinski definition) is 3. The first kappa shape index (κ1) is 13.4. The van der Waals surface area contributed by atoms with Crippen LogP contribution in [0.1, 0.15) is 32.6 Å². The molecule has 1 aliphatic rings. The van der Waals surface area contributed by atoms with Crippen molar-refractivity contribution < 1.29 is 14.7 Å². The highest BCUT2D eigenvalue weighted by Gasteiger charge is 2.33. The highest BCUT2D eigenvalue weighted by molar-refractivity contribution is 5.76. The first-order chi connectivity index (χ1) is 8.02. The monoisotopic (exact) mass is 238 g/mol. The summed E-state index contributed by atoms with van der Waals surface area (Å²) >= 11 is 0. The summed E-state index contributed by atoms with van der Waals surface area (Å²) in [7, 11) is 0.